The molecule has 0 fully saturated rings. The van der Waals surface area contributed by atoms with Crippen molar-refractivity contribution in [2.45, 2.75) is 24.8 Å². The fourth-order valence-corrected chi connectivity index (χ4v) is 3.85. The second kappa shape index (κ2) is 15.8. The summed E-state index contributed by atoms with van der Waals surface area (Å²) in [6, 6.07) is 20.5. The topological polar surface area (TPSA) is 106 Å². The third kappa shape index (κ3) is 8.59. The van der Waals surface area contributed by atoms with Gasteiger partial charge in [-0.05, 0) is 74.3 Å². The number of nitrogens with two attached hydrogens (primary N) is 1. The smallest absolute Gasteiger partial charge is 0.206 e. The number of nitrogens with zero attached hydrogens (tertiary/aromatic N) is 4. The fraction of sp³-hybridized carbons (Fsp3) is 0.185. The molecule has 0 aliphatic carbocycles. The van der Waals surface area contributed by atoms with Crippen molar-refractivity contribution in [1.29, 1.82) is 0 Å². The Labute approximate surface area is 237 Å². The van der Waals surface area contributed by atoms with Gasteiger partial charge in [-0.2, -0.15) is 0 Å². The number of anilines is 1. The first-order valence-corrected chi connectivity index (χ1v) is 13.1. The summed E-state index contributed by atoms with van der Waals surface area (Å²) < 4.78 is 1.82. The molecule has 1 amide bonds. The number of carbonyl (C=O) groups excluding carboxylic acids is 2. The molecule has 38 heavy (non-hydrogen) atoms. The van der Waals surface area contributed by atoms with E-state index < -0.39 is 0 Å². The minimum atomic E-state index is -0.0755. The van der Waals surface area contributed by atoms with E-state index >= 15 is 0 Å². The lowest BCUT2D eigenvalue weighted by atomic mass is 10.2. The molecule has 200 valence electrons. The van der Waals surface area contributed by atoms with Crippen LogP contribution in [-0.2, 0) is 4.79 Å². The first kappa shape index (κ1) is 30.9. The van der Waals surface area contributed by atoms with E-state index in [2.05, 4.69) is 15.3 Å². The van der Waals surface area contributed by atoms with Crippen LogP contribution in [0.2, 0.25) is 10.0 Å². The number of aldehydes is 1. The number of rotatable bonds is 7. The largest absolute Gasteiger partial charge is 0.362 e. The fourth-order valence-electron chi connectivity index (χ4n) is 3.32. The lowest BCUT2D eigenvalue weighted by Crippen LogP contribution is -2.24. The number of aromatic nitrogens is 3. The number of aryl methyl sites for hydroxylation is 1. The molecule has 0 radical (unpaired) electrons. The Bertz CT molecular complexity index is 1290. The maximum absolute atomic E-state index is 11.9. The summed E-state index contributed by atoms with van der Waals surface area (Å²) in [5, 5.41) is 9.24. The highest BCUT2D eigenvalue weighted by atomic mass is 35.5. The number of carbonyl (C=O) groups is 2. The van der Waals surface area contributed by atoms with Crippen molar-refractivity contribution in [2.75, 3.05) is 19.0 Å². The summed E-state index contributed by atoms with van der Waals surface area (Å²) in [6.45, 7) is 3.89. The molecule has 0 saturated heterocycles. The summed E-state index contributed by atoms with van der Waals surface area (Å²) in [5.41, 5.74) is 2.19. The van der Waals surface area contributed by atoms with Gasteiger partial charge < -0.3 is 10.2 Å². The van der Waals surface area contributed by atoms with Crippen molar-refractivity contribution in [3.63, 3.8) is 0 Å². The van der Waals surface area contributed by atoms with E-state index in [1.807, 2.05) is 85.0 Å². The van der Waals surface area contributed by atoms with Gasteiger partial charge in [0.25, 0.3) is 0 Å². The summed E-state index contributed by atoms with van der Waals surface area (Å²) in [7, 11) is 3.46. The summed E-state index contributed by atoms with van der Waals surface area (Å²) >= 11 is 12.7. The van der Waals surface area contributed by atoms with Crippen LogP contribution in [0.4, 0.5) is 5.82 Å². The van der Waals surface area contributed by atoms with Gasteiger partial charge in [-0.1, -0.05) is 41.4 Å². The quantitative estimate of drug-likeness (QED) is 0.209. The van der Waals surface area contributed by atoms with Crippen molar-refractivity contribution < 1.29 is 9.59 Å². The number of imidazole rings is 1. The number of hydrogen-bond acceptors (Lipinski definition) is 7. The molecule has 0 spiro atoms. The van der Waals surface area contributed by atoms with Gasteiger partial charge in [0.15, 0.2) is 12.1 Å². The SMILES string of the molecule is CNC=O.Cc1nc(N(C)C(C)c2ccc(SN)cn2)c(C=O)n1-c1ccc(Cl)cc1.Clc1ccccc1. The van der Waals surface area contributed by atoms with Crippen molar-refractivity contribution in [2.24, 2.45) is 5.14 Å². The predicted octanol–water partition coefficient (Wildman–Crippen LogP) is 5.91. The second-order valence-electron chi connectivity index (χ2n) is 7.82. The Morgan fingerprint density at radius 1 is 1.03 bits per heavy atom. The Balaban J connectivity index is 0.000000384. The van der Waals surface area contributed by atoms with E-state index in [0.29, 0.717) is 22.9 Å². The normalized spacial score (nSPS) is 10.7. The summed E-state index contributed by atoms with van der Waals surface area (Å²) in [6.07, 6.45) is 3.19. The molecule has 4 rings (SSSR count). The maximum Gasteiger partial charge on any atom is 0.206 e. The zero-order valence-corrected chi connectivity index (χ0v) is 23.8. The molecule has 3 N–H and O–H groups in total. The molecule has 1 atom stereocenters. The van der Waals surface area contributed by atoms with E-state index in [0.717, 1.165) is 45.4 Å². The standard InChI is InChI=1S/C19H20ClN5OS.C6H5Cl.C2H5NO/c1-12(17-9-8-16(27-21)10-22-17)24(3)19-18(11-26)25(13(2)23-19)15-6-4-14(20)5-7-15;7-6-4-2-1-3-5-6;1-3-2-4/h4-12H,21H2,1-3H3;1-5H;2H,1H3,(H,3,4). The van der Waals surface area contributed by atoms with Crippen LogP contribution in [-0.4, -0.2) is 41.3 Å². The van der Waals surface area contributed by atoms with Gasteiger partial charge in [0, 0.05) is 40.9 Å². The van der Waals surface area contributed by atoms with Gasteiger partial charge in [-0.3, -0.25) is 24.3 Å². The lowest BCUT2D eigenvalue weighted by molar-refractivity contribution is -0.109. The Hall–Kier alpha value is -3.37. The molecule has 0 saturated carbocycles. The van der Waals surface area contributed by atoms with Crippen molar-refractivity contribution in [3.05, 3.63) is 100 Å². The molecular formula is C27H30Cl2N6O2S. The number of pyridine rings is 1. The van der Waals surface area contributed by atoms with Crippen molar-refractivity contribution in [1.82, 2.24) is 19.9 Å². The van der Waals surface area contributed by atoms with Gasteiger partial charge >= 0.3 is 0 Å². The molecule has 2 heterocycles. The van der Waals surface area contributed by atoms with Crippen LogP contribution in [0.25, 0.3) is 5.69 Å². The predicted molar refractivity (Wildman–Crippen MR) is 156 cm³/mol. The maximum atomic E-state index is 11.9. The summed E-state index contributed by atoms with van der Waals surface area (Å²) in [5.74, 6) is 1.32. The Morgan fingerprint density at radius 3 is 2.08 bits per heavy atom. The second-order valence-corrected chi connectivity index (χ2v) is 9.40. The summed E-state index contributed by atoms with van der Waals surface area (Å²) in [4.78, 5) is 32.9. The highest BCUT2D eigenvalue weighted by Gasteiger charge is 2.23. The third-order valence-electron chi connectivity index (χ3n) is 5.35. The van der Waals surface area contributed by atoms with Gasteiger partial charge in [-0.15, -0.1) is 0 Å². The van der Waals surface area contributed by atoms with Crippen LogP contribution in [0, 0.1) is 6.92 Å². The monoisotopic (exact) mass is 572 g/mol. The molecule has 2 aromatic carbocycles. The minimum absolute atomic E-state index is 0.0755. The highest BCUT2D eigenvalue weighted by Crippen LogP contribution is 2.29. The van der Waals surface area contributed by atoms with Crippen LogP contribution in [0.15, 0.2) is 77.8 Å². The van der Waals surface area contributed by atoms with Gasteiger partial charge in [0.2, 0.25) is 6.41 Å². The van der Waals surface area contributed by atoms with E-state index in [4.69, 9.17) is 33.1 Å². The molecule has 11 heteroatoms. The van der Waals surface area contributed by atoms with Crippen LogP contribution in [0.3, 0.4) is 0 Å². The van der Waals surface area contributed by atoms with Crippen LogP contribution >= 0.6 is 35.1 Å². The first-order chi connectivity index (χ1) is 18.3. The number of amides is 1. The number of halogens is 2. The third-order valence-corrected chi connectivity index (χ3v) is 6.36. The molecule has 2 aromatic heterocycles. The highest BCUT2D eigenvalue weighted by molar-refractivity contribution is 7.97. The van der Waals surface area contributed by atoms with E-state index in [-0.39, 0.29) is 6.04 Å². The van der Waals surface area contributed by atoms with E-state index in [1.165, 1.54) is 0 Å². The average Bonchev–Trinajstić information content (AvgIpc) is 3.29. The number of hydrogen-bond donors (Lipinski definition) is 2. The van der Waals surface area contributed by atoms with Gasteiger partial charge in [-0.25, -0.2) is 4.98 Å². The molecular weight excluding hydrogens is 543 g/mol. The molecule has 1 unspecified atom stereocenters. The Morgan fingerprint density at radius 2 is 1.63 bits per heavy atom. The van der Waals surface area contributed by atoms with Crippen LogP contribution in [0.5, 0.6) is 0 Å². The van der Waals surface area contributed by atoms with Crippen molar-refractivity contribution >= 4 is 53.7 Å². The zero-order valence-electron chi connectivity index (χ0n) is 21.5. The lowest BCUT2D eigenvalue weighted by Gasteiger charge is -2.25. The van der Waals surface area contributed by atoms with Gasteiger partial charge in [0.1, 0.15) is 11.5 Å². The molecule has 8 nitrogen and oxygen atoms in total. The van der Waals surface area contributed by atoms with Crippen molar-refractivity contribution in [3.8, 4) is 5.69 Å². The number of benzene rings is 2. The Kier molecular flexibility index (Phi) is 12.8. The zero-order chi connectivity index (χ0) is 28.1. The van der Waals surface area contributed by atoms with Gasteiger partial charge in [0.05, 0.1) is 11.7 Å². The first-order valence-electron chi connectivity index (χ1n) is 11.4. The molecule has 0 bridgehead atoms. The van der Waals surface area contributed by atoms with E-state index in [9.17, 15) is 4.79 Å². The van der Waals surface area contributed by atoms with Crippen LogP contribution < -0.4 is 15.4 Å². The van der Waals surface area contributed by atoms with Crippen LogP contribution in [0.1, 0.15) is 35.0 Å². The minimum Gasteiger partial charge on any atom is -0.362 e. The molecule has 0 aliphatic rings. The average molecular weight is 574 g/mol. The molecule has 4 aromatic rings. The molecule has 0 aliphatic heterocycles. The number of nitrogens with one attached hydrogen (secondary N) is 1. The van der Waals surface area contributed by atoms with E-state index in [1.54, 1.807) is 25.4 Å².